The van der Waals surface area contributed by atoms with Crippen molar-refractivity contribution in [2.75, 3.05) is 26.9 Å². The Bertz CT molecular complexity index is 1100. The van der Waals surface area contributed by atoms with Crippen molar-refractivity contribution in [1.82, 2.24) is 4.57 Å². The molecule has 7 heteroatoms. The van der Waals surface area contributed by atoms with Crippen molar-refractivity contribution in [3.8, 4) is 22.9 Å². The van der Waals surface area contributed by atoms with E-state index in [0.29, 0.717) is 41.2 Å². The molecule has 1 atom stereocenters. The molecule has 1 aliphatic heterocycles. The summed E-state index contributed by atoms with van der Waals surface area (Å²) in [5, 5.41) is 1.39. The van der Waals surface area contributed by atoms with E-state index in [0.717, 1.165) is 24.8 Å². The molecule has 0 aliphatic carbocycles. The number of aromatic nitrogens is 1. The van der Waals surface area contributed by atoms with Crippen molar-refractivity contribution in [2.24, 2.45) is 0 Å². The molecule has 1 aromatic heterocycles. The van der Waals surface area contributed by atoms with Gasteiger partial charge in [0.2, 0.25) is 0 Å². The Morgan fingerprint density at radius 3 is 2.80 bits per heavy atom. The van der Waals surface area contributed by atoms with Crippen LogP contribution in [0.4, 0.5) is 0 Å². The molecule has 0 spiro atoms. The summed E-state index contributed by atoms with van der Waals surface area (Å²) in [4.78, 5) is 23.6. The summed E-state index contributed by atoms with van der Waals surface area (Å²) in [6, 6.07) is 12.4. The van der Waals surface area contributed by atoms with Gasteiger partial charge in [-0.25, -0.2) is 0 Å². The van der Waals surface area contributed by atoms with Gasteiger partial charge in [0.25, 0.3) is 5.56 Å². The Labute approximate surface area is 173 Å². The lowest BCUT2D eigenvalue weighted by Crippen LogP contribution is -2.18. The summed E-state index contributed by atoms with van der Waals surface area (Å²) >= 11 is 0. The van der Waals surface area contributed by atoms with Gasteiger partial charge in [-0.2, -0.15) is 0 Å². The SMILES string of the molecule is COc1cc(-n2ccc3cc(OC[C@@H]4CCCO4)ccc3c2=O)ccc1OCC=O. The van der Waals surface area contributed by atoms with Gasteiger partial charge >= 0.3 is 0 Å². The molecular formula is C23H23NO6. The molecule has 0 bridgehead atoms. The highest BCUT2D eigenvalue weighted by Crippen LogP contribution is 2.29. The highest BCUT2D eigenvalue weighted by Gasteiger charge is 2.16. The van der Waals surface area contributed by atoms with Gasteiger partial charge in [0.15, 0.2) is 17.8 Å². The summed E-state index contributed by atoms with van der Waals surface area (Å²) in [5.74, 6) is 1.60. The monoisotopic (exact) mass is 409 g/mol. The molecule has 30 heavy (non-hydrogen) atoms. The molecule has 0 unspecified atom stereocenters. The fraction of sp³-hybridized carbons (Fsp3) is 0.304. The first kappa shape index (κ1) is 20.0. The van der Waals surface area contributed by atoms with E-state index in [1.165, 1.54) is 7.11 Å². The quantitative estimate of drug-likeness (QED) is 0.532. The topological polar surface area (TPSA) is 76.0 Å². The van der Waals surface area contributed by atoms with Crippen molar-refractivity contribution < 1.29 is 23.7 Å². The highest BCUT2D eigenvalue weighted by molar-refractivity contribution is 5.83. The molecule has 2 aromatic carbocycles. The number of hydrogen-bond donors (Lipinski definition) is 0. The van der Waals surface area contributed by atoms with Crippen LogP contribution in [0.1, 0.15) is 12.8 Å². The Balaban J connectivity index is 1.60. The van der Waals surface area contributed by atoms with Gasteiger partial charge in [-0.15, -0.1) is 0 Å². The summed E-state index contributed by atoms with van der Waals surface area (Å²) in [6.07, 6.45) is 4.61. The predicted molar refractivity (Wildman–Crippen MR) is 112 cm³/mol. The van der Waals surface area contributed by atoms with Crippen molar-refractivity contribution in [3.63, 3.8) is 0 Å². The van der Waals surface area contributed by atoms with E-state index in [9.17, 15) is 9.59 Å². The maximum atomic E-state index is 13.0. The van der Waals surface area contributed by atoms with E-state index in [4.69, 9.17) is 18.9 Å². The number of carbonyl (C=O) groups is 1. The summed E-state index contributed by atoms with van der Waals surface area (Å²) in [7, 11) is 1.51. The zero-order valence-electron chi connectivity index (χ0n) is 16.7. The minimum atomic E-state index is -0.151. The van der Waals surface area contributed by atoms with Gasteiger partial charge in [-0.1, -0.05) is 0 Å². The van der Waals surface area contributed by atoms with Gasteiger partial charge in [-0.3, -0.25) is 14.2 Å². The Morgan fingerprint density at radius 2 is 2.03 bits per heavy atom. The third-order valence-corrected chi connectivity index (χ3v) is 5.07. The van der Waals surface area contributed by atoms with Gasteiger partial charge in [0.1, 0.15) is 19.0 Å². The second kappa shape index (κ2) is 9.00. The largest absolute Gasteiger partial charge is 0.493 e. The zero-order chi connectivity index (χ0) is 20.9. The van der Waals surface area contributed by atoms with Crippen LogP contribution in [-0.2, 0) is 9.53 Å². The standard InChI is InChI=1S/C23H23NO6/c1-27-22-14-17(4-7-21(22)29-12-10-25)24-9-8-16-13-18(5-6-20(16)23(24)26)30-15-19-3-2-11-28-19/h4-10,13-14,19H,2-3,11-12,15H2,1H3/t19-/m0/s1. The van der Waals surface area contributed by atoms with E-state index in [1.807, 2.05) is 12.1 Å². The van der Waals surface area contributed by atoms with Crippen LogP contribution in [0.15, 0.2) is 53.5 Å². The number of benzene rings is 2. The molecule has 4 rings (SSSR count). The Kier molecular flexibility index (Phi) is 5.99. The Morgan fingerprint density at radius 1 is 1.13 bits per heavy atom. The van der Waals surface area contributed by atoms with Crippen LogP contribution in [0.5, 0.6) is 17.2 Å². The molecule has 3 aromatic rings. The number of carbonyl (C=O) groups excluding carboxylic acids is 1. The smallest absolute Gasteiger partial charge is 0.262 e. The lowest BCUT2D eigenvalue weighted by atomic mass is 10.1. The van der Waals surface area contributed by atoms with Crippen molar-refractivity contribution >= 4 is 17.1 Å². The number of nitrogens with zero attached hydrogens (tertiary/aromatic N) is 1. The summed E-state index contributed by atoms with van der Waals surface area (Å²) < 4.78 is 23.6. The molecule has 1 fully saturated rings. The van der Waals surface area contributed by atoms with E-state index >= 15 is 0 Å². The maximum Gasteiger partial charge on any atom is 0.262 e. The molecule has 0 radical (unpaired) electrons. The van der Waals surface area contributed by atoms with E-state index in [1.54, 1.807) is 41.1 Å². The first-order valence-electron chi connectivity index (χ1n) is 9.84. The van der Waals surface area contributed by atoms with Crippen LogP contribution in [-0.4, -0.2) is 43.9 Å². The number of hydrogen-bond acceptors (Lipinski definition) is 6. The number of fused-ring (bicyclic) bond motifs is 1. The first-order valence-corrected chi connectivity index (χ1v) is 9.84. The molecule has 0 amide bonds. The molecule has 7 nitrogen and oxygen atoms in total. The van der Waals surface area contributed by atoms with E-state index < -0.39 is 0 Å². The molecule has 1 saturated heterocycles. The molecule has 2 heterocycles. The second-order valence-electron chi connectivity index (χ2n) is 7.00. The van der Waals surface area contributed by atoms with Crippen LogP contribution in [0.2, 0.25) is 0 Å². The third-order valence-electron chi connectivity index (χ3n) is 5.07. The van der Waals surface area contributed by atoms with Gasteiger partial charge < -0.3 is 18.9 Å². The van der Waals surface area contributed by atoms with Crippen LogP contribution in [0, 0.1) is 0 Å². The zero-order valence-corrected chi connectivity index (χ0v) is 16.7. The lowest BCUT2D eigenvalue weighted by molar-refractivity contribution is -0.109. The number of ether oxygens (including phenoxy) is 4. The fourth-order valence-corrected chi connectivity index (χ4v) is 3.53. The number of pyridine rings is 1. The molecule has 156 valence electrons. The molecule has 1 aliphatic rings. The number of aldehydes is 1. The average Bonchev–Trinajstić information content (AvgIpc) is 3.30. The number of rotatable bonds is 8. The predicted octanol–water partition coefficient (Wildman–Crippen LogP) is 3.13. The van der Waals surface area contributed by atoms with Crippen molar-refractivity contribution in [1.29, 1.82) is 0 Å². The van der Waals surface area contributed by atoms with Gasteiger partial charge in [0.05, 0.1) is 18.9 Å². The maximum absolute atomic E-state index is 13.0. The number of methoxy groups -OCH3 is 1. The molecule has 0 N–H and O–H groups in total. The fourth-order valence-electron chi connectivity index (χ4n) is 3.53. The van der Waals surface area contributed by atoms with Gasteiger partial charge in [-0.05, 0) is 54.6 Å². The highest BCUT2D eigenvalue weighted by atomic mass is 16.5. The second-order valence-corrected chi connectivity index (χ2v) is 7.00. The summed E-state index contributed by atoms with van der Waals surface area (Å²) in [6.45, 7) is 1.24. The van der Waals surface area contributed by atoms with Crippen molar-refractivity contribution in [2.45, 2.75) is 18.9 Å². The molecular weight excluding hydrogens is 386 g/mol. The molecule has 0 saturated carbocycles. The van der Waals surface area contributed by atoms with E-state index in [-0.39, 0.29) is 18.3 Å². The van der Waals surface area contributed by atoms with Gasteiger partial charge in [0, 0.05) is 24.3 Å². The van der Waals surface area contributed by atoms with E-state index in [2.05, 4.69) is 0 Å². The summed E-state index contributed by atoms with van der Waals surface area (Å²) in [5.41, 5.74) is 0.484. The minimum Gasteiger partial charge on any atom is -0.493 e. The van der Waals surface area contributed by atoms with Crippen LogP contribution in [0.25, 0.3) is 16.5 Å². The lowest BCUT2D eigenvalue weighted by Gasteiger charge is -2.14. The average molecular weight is 409 g/mol. The van der Waals surface area contributed by atoms with Crippen LogP contribution >= 0.6 is 0 Å². The normalized spacial score (nSPS) is 15.8. The van der Waals surface area contributed by atoms with Crippen molar-refractivity contribution in [3.05, 3.63) is 59.0 Å². The third kappa shape index (κ3) is 4.16. The van der Waals surface area contributed by atoms with Crippen LogP contribution < -0.4 is 19.8 Å². The first-order chi connectivity index (χ1) is 14.7. The van der Waals surface area contributed by atoms with Crippen LogP contribution in [0.3, 0.4) is 0 Å². The minimum absolute atomic E-state index is 0.0666. The Hall–Kier alpha value is -3.32.